The first-order valence-corrected chi connectivity index (χ1v) is 7.38. The molecule has 2 aliphatic rings. The van der Waals surface area contributed by atoms with E-state index in [1.807, 2.05) is 0 Å². The van der Waals surface area contributed by atoms with Gasteiger partial charge in [0.15, 0.2) is 0 Å². The van der Waals surface area contributed by atoms with E-state index in [1.165, 1.54) is 32.4 Å². The van der Waals surface area contributed by atoms with Crippen LogP contribution in [0.4, 0.5) is 0 Å². The molecule has 1 saturated heterocycles. The van der Waals surface area contributed by atoms with Crippen LogP contribution in [0.15, 0.2) is 0 Å². The Labute approximate surface area is 107 Å². The van der Waals surface area contributed by atoms with Crippen molar-refractivity contribution in [3.8, 4) is 0 Å². The zero-order valence-corrected chi connectivity index (χ0v) is 12.3. The van der Waals surface area contributed by atoms with Crippen molar-refractivity contribution in [2.24, 2.45) is 11.3 Å². The molecule has 0 radical (unpaired) electrons. The van der Waals surface area contributed by atoms with Gasteiger partial charge in [-0.2, -0.15) is 0 Å². The number of hydrogen-bond donors (Lipinski definition) is 1. The Hall–Kier alpha value is -0.0800. The molecule has 3 unspecified atom stereocenters. The number of rotatable bonds is 2. The van der Waals surface area contributed by atoms with Crippen molar-refractivity contribution in [1.29, 1.82) is 0 Å². The normalized spacial score (nSPS) is 38.8. The highest BCUT2D eigenvalue weighted by molar-refractivity contribution is 4.95. The van der Waals surface area contributed by atoms with Gasteiger partial charge in [-0.3, -0.25) is 4.90 Å². The summed E-state index contributed by atoms with van der Waals surface area (Å²) in [7, 11) is 0. The molecular weight excluding hydrogens is 208 g/mol. The summed E-state index contributed by atoms with van der Waals surface area (Å²) in [5.41, 5.74) is 0.570. The fourth-order valence-electron chi connectivity index (χ4n) is 3.68. The van der Waals surface area contributed by atoms with Gasteiger partial charge in [0.1, 0.15) is 0 Å². The Morgan fingerprint density at radius 3 is 2.53 bits per heavy atom. The van der Waals surface area contributed by atoms with Crippen LogP contribution >= 0.6 is 0 Å². The van der Waals surface area contributed by atoms with Crippen LogP contribution in [-0.2, 0) is 0 Å². The Morgan fingerprint density at radius 1 is 1.29 bits per heavy atom. The van der Waals surface area contributed by atoms with E-state index in [-0.39, 0.29) is 0 Å². The van der Waals surface area contributed by atoms with Crippen LogP contribution in [0.1, 0.15) is 53.9 Å². The second kappa shape index (κ2) is 4.89. The highest BCUT2D eigenvalue weighted by atomic mass is 15.3. The summed E-state index contributed by atoms with van der Waals surface area (Å²) in [5.74, 6) is 0.763. The maximum absolute atomic E-state index is 3.65. The van der Waals surface area contributed by atoms with Gasteiger partial charge in [-0.1, -0.05) is 27.7 Å². The molecule has 1 saturated carbocycles. The second-order valence-electron chi connectivity index (χ2n) is 7.38. The number of piperazine rings is 1. The highest BCUT2D eigenvalue weighted by Gasteiger charge is 2.39. The van der Waals surface area contributed by atoms with Crippen molar-refractivity contribution in [2.75, 3.05) is 13.1 Å². The lowest BCUT2D eigenvalue weighted by Crippen LogP contribution is -2.60. The molecule has 17 heavy (non-hydrogen) atoms. The largest absolute Gasteiger partial charge is 0.311 e. The minimum absolute atomic E-state index is 0.570. The Morgan fingerprint density at radius 2 is 2.00 bits per heavy atom. The molecule has 2 fully saturated rings. The zero-order valence-electron chi connectivity index (χ0n) is 12.3. The van der Waals surface area contributed by atoms with Gasteiger partial charge < -0.3 is 5.32 Å². The van der Waals surface area contributed by atoms with Crippen molar-refractivity contribution in [3.05, 3.63) is 0 Å². The number of nitrogens with zero attached hydrogens (tertiary/aromatic N) is 1. The van der Waals surface area contributed by atoms with Crippen LogP contribution in [-0.4, -0.2) is 36.1 Å². The lowest BCUT2D eigenvalue weighted by atomic mass is 9.90. The van der Waals surface area contributed by atoms with Gasteiger partial charge in [-0.25, -0.2) is 0 Å². The predicted molar refractivity (Wildman–Crippen MR) is 74.2 cm³/mol. The molecule has 0 amide bonds. The summed E-state index contributed by atoms with van der Waals surface area (Å²) < 4.78 is 0. The molecule has 0 aromatic carbocycles. The smallest absolute Gasteiger partial charge is 0.0247 e. The van der Waals surface area contributed by atoms with E-state index in [4.69, 9.17) is 0 Å². The Kier molecular flexibility index (Phi) is 3.84. The van der Waals surface area contributed by atoms with E-state index >= 15 is 0 Å². The number of nitrogens with one attached hydrogen (secondary N) is 1. The SMILES string of the molecule is CC1CN(C2CCC(C)(C)C2)C(C(C)C)CN1. The molecule has 0 aromatic heterocycles. The van der Waals surface area contributed by atoms with Gasteiger partial charge >= 0.3 is 0 Å². The summed E-state index contributed by atoms with van der Waals surface area (Å²) >= 11 is 0. The van der Waals surface area contributed by atoms with Crippen molar-refractivity contribution in [1.82, 2.24) is 10.2 Å². The molecule has 100 valence electrons. The maximum Gasteiger partial charge on any atom is 0.0247 e. The Bertz CT molecular complexity index is 260. The van der Waals surface area contributed by atoms with Gasteiger partial charge in [0.05, 0.1) is 0 Å². The van der Waals surface area contributed by atoms with Crippen LogP contribution in [0.5, 0.6) is 0 Å². The topological polar surface area (TPSA) is 15.3 Å². The van der Waals surface area contributed by atoms with Gasteiger partial charge in [0.2, 0.25) is 0 Å². The summed E-state index contributed by atoms with van der Waals surface area (Å²) in [6.45, 7) is 14.3. The first-order valence-electron chi connectivity index (χ1n) is 7.38. The minimum Gasteiger partial charge on any atom is -0.311 e. The average Bonchev–Trinajstić information content (AvgIpc) is 2.58. The standard InChI is InChI=1S/C15H30N2/c1-11(2)14-9-16-12(3)10-17(14)13-6-7-15(4,5)8-13/h11-14,16H,6-10H2,1-5H3. The van der Waals surface area contributed by atoms with Crippen molar-refractivity contribution in [2.45, 2.75) is 72.0 Å². The van der Waals surface area contributed by atoms with Gasteiger partial charge in [0.25, 0.3) is 0 Å². The molecule has 0 aromatic rings. The van der Waals surface area contributed by atoms with E-state index in [2.05, 4.69) is 44.8 Å². The third-order valence-electron chi connectivity index (χ3n) is 4.77. The van der Waals surface area contributed by atoms with Crippen LogP contribution in [0.3, 0.4) is 0 Å². The molecule has 3 atom stereocenters. The maximum atomic E-state index is 3.65. The van der Waals surface area contributed by atoms with Gasteiger partial charge in [-0.15, -0.1) is 0 Å². The molecule has 2 rings (SSSR count). The van der Waals surface area contributed by atoms with Crippen LogP contribution in [0.2, 0.25) is 0 Å². The summed E-state index contributed by atoms with van der Waals surface area (Å²) in [5, 5.41) is 3.65. The molecular formula is C15H30N2. The van der Waals surface area contributed by atoms with E-state index < -0.39 is 0 Å². The monoisotopic (exact) mass is 238 g/mol. The van der Waals surface area contributed by atoms with Gasteiger partial charge in [0, 0.05) is 31.2 Å². The second-order valence-corrected chi connectivity index (χ2v) is 7.38. The average molecular weight is 238 g/mol. The van der Waals surface area contributed by atoms with Crippen molar-refractivity contribution in [3.63, 3.8) is 0 Å². The highest BCUT2D eigenvalue weighted by Crippen LogP contribution is 2.40. The molecule has 0 spiro atoms. The van der Waals surface area contributed by atoms with Crippen LogP contribution in [0.25, 0.3) is 0 Å². The molecule has 1 heterocycles. The quantitative estimate of drug-likeness (QED) is 0.796. The predicted octanol–water partition coefficient (Wildman–Crippen LogP) is 2.88. The van der Waals surface area contributed by atoms with Crippen LogP contribution in [0, 0.1) is 11.3 Å². The summed E-state index contributed by atoms with van der Waals surface area (Å²) in [4.78, 5) is 2.82. The Balaban J connectivity index is 2.05. The van der Waals surface area contributed by atoms with E-state index in [9.17, 15) is 0 Å². The fourth-order valence-corrected chi connectivity index (χ4v) is 3.68. The summed E-state index contributed by atoms with van der Waals surface area (Å²) in [6.07, 6.45) is 4.20. The first kappa shape index (κ1) is 13.4. The molecule has 1 aliphatic heterocycles. The molecule has 2 nitrogen and oxygen atoms in total. The molecule has 1 aliphatic carbocycles. The van der Waals surface area contributed by atoms with Crippen molar-refractivity contribution < 1.29 is 0 Å². The molecule has 0 bridgehead atoms. The number of hydrogen-bond acceptors (Lipinski definition) is 2. The fraction of sp³-hybridized carbons (Fsp3) is 1.00. The zero-order chi connectivity index (χ0) is 12.6. The lowest BCUT2D eigenvalue weighted by Gasteiger charge is -2.45. The molecule has 1 N–H and O–H groups in total. The molecule has 2 heteroatoms. The third-order valence-corrected chi connectivity index (χ3v) is 4.77. The first-order chi connectivity index (χ1) is 7.89. The van der Waals surface area contributed by atoms with Crippen LogP contribution < -0.4 is 5.32 Å². The van der Waals surface area contributed by atoms with E-state index in [0.29, 0.717) is 11.5 Å². The summed E-state index contributed by atoms with van der Waals surface area (Å²) in [6, 6.07) is 2.24. The minimum atomic E-state index is 0.570. The van der Waals surface area contributed by atoms with Gasteiger partial charge in [-0.05, 0) is 37.5 Å². The van der Waals surface area contributed by atoms with E-state index in [0.717, 1.165) is 18.0 Å². The lowest BCUT2D eigenvalue weighted by molar-refractivity contribution is 0.0571. The van der Waals surface area contributed by atoms with Crippen molar-refractivity contribution >= 4 is 0 Å². The van der Waals surface area contributed by atoms with E-state index in [1.54, 1.807) is 0 Å². The third kappa shape index (κ3) is 3.03.